The zero-order valence-corrected chi connectivity index (χ0v) is 23.2. The summed E-state index contributed by atoms with van der Waals surface area (Å²) in [7, 11) is 0. The summed E-state index contributed by atoms with van der Waals surface area (Å²) in [4.78, 5) is 63.9. The number of halogens is 3. The van der Waals surface area contributed by atoms with E-state index in [-0.39, 0.29) is 23.7 Å². The molecule has 44 heavy (non-hydrogen) atoms. The van der Waals surface area contributed by atoms with Gasteiger partial charge in [0.25, 0.3) is 11.8 Å². The molecule has 0 aliphatic carbocycles. The molecule has 9 nitrogen and oxygen atoms in total. The molecule has 0 fully saturated rings. The van der Waals surface area contributed by atoms with Crippen molar-refractivity contribution in [2.45, 2.75) is 19.3 Å². The molecule has 2 aliphatic rings. The normalized spacial score (nSPS) is 18.3. The van der Waals surface area contributed by atoms with E-state index in [1.54, 1.807) is 47.5 Å². The molecule has 1 aromatic heterocycles. The molecule has 6 rings (SSSR count). The molecular formula is C32H26F3N4O5+. The fourth-order valence-corrected chi connectivity index (χ4v) is 5.52. The van der Waals surface area contributed by atoms with E-state index in [1.165, 1.54) is 41.3 Å². The van der Waals surface area contributed by atoms with E-state index in [0.29, 0.717) is 29.8 Å². The molecule has 1 N–H and O–H groups in total. The van der Waals surface area contributed by atoms with Crippen LogP contribution in [0.25, 0.3) is 10.9 Å². The number of hydrogen-bond donors (Lipinski definition) is 1. The predicted molar refractivity (Wildman–Crippen MR) is 154 cm³/mol. The Kier molecular flexibility index (Phi) is 7.30. The molecule has 3 aromatic carbocycles. The van der Waals surface area contributed by atoms with Crippen molar-refractivity contribution in [3.8, 4) is 0 Å². The Morgan fingerprint density at radius 1 is 0.841 bits per heavy atom. The Balaban J connectivity index is 1.38. The first-order valence-corrected chi connectivity index (χ1v) is 13.8. The molecule has 0 bridgehead atoms. The summed E-state index contributed by atoms with van der Waals surface area (Å²) in [6.45, 7) is -0.328. The largest absolute Gasteiger partial charge is 0.497 e. The number of amides is 3. The van der Waals surface area contributed by atoms with Crippen molar-refractivity contribution in [1.29, 1.82) is 0 Å². The van der Waals surface area contributed by atoms with Gasteiger partial charge in [-0.05, 0) is 41.0 Å². The van der Waals surface area contributed by atoms with E-state index in [4.69, 9.17) is 4.84 Å². The van der Waals surface area contributed by atoms with Crippen LogP contribution in [-0.2, 0) is 27.5 Å². The van der Waals surface area contributed by atoms with Crippen molar-refractivity contribution < 1.29 is 37.2 Å². The second-order valence-corrected chi connectivity index (χ2v) is 10.6. The van der Waals surface area contributed by atoms with Gasteiger partial charge >= 0.3 is 18.1 Å². The first-order chi connectivity index (χ1) is 21.0. The summed E-state index contributed by atoms with van der Waals surface area (Å²) < 4.78 is 39.4. The number of para-hydroxylation sites is 1. The third kappa shape index (κ3) is 5.35. The number of alkyl halides is 3. The smallest absolute Gasteiger partial charge is 0.361 e. The van der Waals surface area contributed by atoms with Gasteiger partial charge in [0.15, 0.2) is 12.2 Å². The molecule has 224 valence electrons. The number of carbonyl (C=O) groups is 4. The van der Waals surface area contributed by atoms with E-state index in [0.717, 1.165) is 10.9 Å². The van der Waals surface area contributed by atoms with Crippen LogP contribution >= 0.6 is 0 Å². The monoisotopic (exact) mass is 603 g/mol. The molecular weight excluding hydrogens is 577 g/mol. The van der Waals surface area contributed by atoms with Crippen LogP contribution in [0.3, 0.4) is 0 Å². The number of nitrogens with zero attached hydrogens (tertiary/aromatic N) is 3. The number of hydrogen-bond acceptors (Lipinski definition) is 5. The highest BCUT2D eigenvalue weighted by molar-refractivity contribution is 6.02. The number of rotatable bonds is 5. The van der Waals surface area contributed by atoms with E-state index < -0.39 is 41.7 Å². The Labute approximate surface area is 249 Å². The Hall–Kier alpha value is -5.23. The van der Waals surface area contributed by atoms with Gasteiger partial charge in [0.05, 0.1) is 6.54 Å². The van der Waals surface area contributed by atoms with E-state index in [9.17, 15) is 32.3 Å². The maximum absolute atomic E-state index is 14.1. The predicted octanol–water partition coefficient (Wildman–Crippen LogP) is 4.89. The maximum Gasteiger partial charge on any atom is 0.497 e. The quantitative estimate of drug-likeness (QED) is 0.259. The molecule has 3 heterocycles. The van der Waals surface area contributed by atoms with Crippen LogP contribution in [0.4, 0.5) is 18.9 Å². The maximum atomic E-state index is 14.1. The van der Waals surface area contributed by atoms with Crippen LogP contribution in [0.5, 0.6) is 0 Å². The lowest BCUT2D eigenvalue weighted by molar-refractivity contribution is -0.235. The lowest BCUT2D eigenvalue weighted by Crippen LogP contribution is -2.58. The number of fused-ring (bicyclic) bond motifs is 2. The number of nitrogens with one attached hydrogen (secondary N) is 1. The highest BCUT2D eigenvalue weighted by atomic mass is 19.4. The van der Waals surface area contributed by atoms with Gasteiger partial charge in [0, 0.05) is 58.5 Å². The van der Waals surface area contributed by atoms with Crippen LogP contribution in [0.2, 0.25) is 0 Å². The molecule has 1 unspecified atom stereocenters. The van der Waals surface area contributed by atoms with E-state index in [1.807, 2.05) is 12.2 Å². The number of hydroxylamine groups is 2. The minimum absolute atomic E-state index is 0.00483. The average Bonchev–Trinajstić information content (AvgIpc) is 3.70. The fourth-order valence-electron chi connectivity index (χ4n) is 5.52. The molecule has 0 saturated carbocycles. The zero-order valence-electron chi connectivity index (χ0n) is 23.2. The molecule has 0 radical (unpaired) electrons. The van der Waals surface area contributed by atoms with E-state index >= 15 is 0 Å². The van der Waals surface area contributed by atoms with Crippen molar-refractivity contribution in [2.75, 3.05) is 19.6 Å². The van der Waals surface area contributed by atoms with Gasteiger partial charge in [-0.2, -0.15) is 13.2 Å². The van der Waals surface area contributed by atoms with Crippen LogP contribution in [-0.4, -0.2) is 64.3 Å². The van der Waals surface area contributed by atoms with Gasteiger partial charge in [0.2, 0.25) is 0 Å². The fraction of sp³-hybridized carbons (Fsp3) is 0.188. The van der Waals surface area contributed by atoms with E-state index in [2.05, 4.69) is 4.98 Å². The second-order valence-electron chi connectivity index (χ2n) is 10.6. The lowest BCUT2D eigenvalue weighted by atomic mass is 10.1. The number of carbonyl (C=O) groups excluding carboxylic acids is 4. The third-order valence-electron chi connectivity index (χ3n) is 7.74. The average molecular weight is 604 g/mol. The molecule has 12 heteroatoms. The number of H-pyrrole nitrogens is 1. The van der Waals surface area contributed by atoms with Crippen LogP contribution in [0, 0.1) is 0 Å². The summed E-state index contributed by atoms with van der Waals surface area (Å²) >= 11 is 0. The third-order valence-corrected chi connectivity index (χ3v) is 7.74. The topological polar surface area (TPSA) is 99.8 Å². The van der Waals surface area contributed by atoms with Gasteiger partial charge in [0.1, 0.15) is 6.54 Å². The van der Waals surface area contributed by atoms with Gasteiger partial charge in [-0.3, -0.25) is 14.4 Å². The summed E-state index contributed by atoms with van der Waals surface area (Å²) in [5.41, 5.74) is 2.10. The Morgan fingerprint density at radius 2 is 1.52 bits per heavy atom. The molecule has 3 amide bonds. The lowest BCUT2D eigenvalue weighted by Gasteiger charge is -2.31. The van der Waals surface area contributed by atoms with Crippen molar-refractivity contribution in [3.63, 3.8) is 0 Å². The minimum atomic E-state index is -5.39. The first-order valence-electron chi connectivity index (χ1n) is 13.8. The van der Waals surface area contributed by atoms with Crippen molar-refractivity contribution >= 4 is 40.3 Å². The number of aromatic nitrogens is 1. The van der Waals surface area contributed by atoms with Gasteiger partial charge < -0.3 is 14.8 Å². The highest BCUT2D eigenvalue weighted by Gasteiger charge is 2.55. The zero-order chi connectivity index (χ0) is 31.1. The van der Waals surface area contributed by atoms with Crippen LogP contribution in [0.15, 0.2) is 91.1 Å². The molecule has 0 saturated heterocycles. The summed E-state index contributed by atoms with van der Waals surface area (Å²) in [5, 5.41) is 0.768. The summed E-state index contributed by atoms with van der Waals surface area (Å²) in [6.07, 6.45) is 0.0559. The highest BCUT2D eigenvalue weighted by Crippen LogP contribution is 2.37. The van der Waals surface area contributed by atoms with Gasteiger partial charge in [-0.25, -0.2) is 9.59 Å². The summed E-state index contributed by atoms with van der Waals surface area (Å²) in [5.74, 6) is -4.24. The van der Waals surface area contributed by atoms with Crippen molar-refractivity contribution in [1.82, 2.24) is 19.4 Å². The van der Waals surface area contributed by atoms with Gasteiger partial charge in [-0.15, -0.1) is 0 Å². The number of quaternary nitrogens is 1. The second kappa shape index (κ2) is 11.1. The molecule has 1 atom stereocenters. The molecule has 2 aliphatic heterocycles. The number of benzene rings is 3. The van der Waals surface area contributed by atoms with Crippen LogP contribution in [0.1, 0.15) is 31.8 Å². The van der Waals surface area contributed by atoms with Crippen molar-refractivity contribution in [3.05, 3.63) is 113 Å². The van der Waals surface area contributed by atoms with Gasteiger partial charge in [-0.1, -0.05) is 42.5 Å². The SMILES string of the molecule is O=C(c1ccc(C[N+]2(OC(=O)C(F)(F)F)C(=O)CN(C(=O)c3ccc4[nH]ccc4c3)Cc3ccccc32)cc1)N1CC=CC1. The first kappa shape index (κ1) is 28.9. The van der Waals surface area contributed by atoms with Crippen LogP contribution < -0.4 is 4.65 Å². The number of aromatic amines is 1. The molecule has 4 aromatic rings. The Bertz CT molecular complexity index is 1810. The van der Waals surface area contributed by atoms with Crippen molar-refractivity contribution in [2.24, 2.45) is 0 Å². The standard InChI is InChI=1S/C32H25F3N4O5/c33-32(34,35)31(43)44-39(20-21-7-9-22(10-8-21)29(41)37-15-3-4-16-37)27-6-2-1-5-25(27)18-38(19-28(39)40)30(42)24-11-12-26-23(17-24)13-14-36-26/h1-14,17H,15-16,18-20H2/p+1. The summed E-state index contributed by atoms with van der Waals surface area (Å²) in [6, 6.07) is 18.9. The molecule has 0 spiro atoms. The minimum Gasteiger partial charge on any atom is -0.361 e. The Morgan fingerprint density at radius 3 is 2.25 bits per heavy atom.